The predicted octanol–water partition coefficient (Wildman–Crippen LogP) is 5.17. The van der Waals surface area contributed by atoms with Crippen LogP contribution >= 0.6 is 0 Å². The zero-order chi connectivity index (χ0) is 12.3. The van der Waals surface area contributed by atoms with Crippen molar-refractivity contribution in [3.8, 4) is 0 Å². The Bertz CT molecular complexity index is 417. The van der Waals surface area contributed by atoms with E-state index in [9.17, 15) is 0 Å². The molecule has 0 fully saturated rings. The topological polar surface area (TPSA) is 0 Å². The van der Waals surface area contributed by atoms with Gasteiger partial charge in [-0.15, -0.1) is 0 Å². The van der Waals surface area contributed by atoms with Crippen LogP contribution in [0.4, 0.5) is 0 Å². The standard InChI is InChI=1S/C17H20/c1-3-5-6-7-9-13-16(12-4-2)17-14-10-8-11-15-17/h3-5,7-15H,6H2,1-2H3/b5-3-,9-7+,12-4-,16-13+. The van der Waals surface area contributed by atoms with E-state index < -0.39 is 0 Å². The fourth-order valence-electron chi connectivity index (χ4n) is 1.52. The zero-order valence-electron chi connectivity index (χ0n) is 10.6. The summed E-state index contributed by atoms with van der Waals surface area (Å²) in [6, 6.07) is 10.4. The molecule has 0 radical (unpaired) electrons. The number of rotatable bonds is 5. The Hall–Kier alpha value is -1.82. The van der Waals surface area contributed by atoms with Gasteiger partial charge in [-0.1, -0.05) is 72.9 Å². The minimum absolute atomic E-state index is 0.991. The quantitative estimate of drug-likeness (QED) is 0.478. The molecule has 0 bridgehead atoms. The summed E-state index contributed by atoms with van der Waals surface area (Å²) in [5.41, 5.74) is 2.49. The van der Waals surface area contributed by atoms with E-state index in [0.717, 1.165) is 6.42 Å². The number of hydrogen-bond donors (Lipinski definition) is 0. The Morgan fingerprint density at radius 3 is 2.41 bits per heavy atom. The van der Waals surface area contributed by atoms with E-state index in [2.05, 4.69) is 66.8 Å². The third-order valence-corrected chi connectivity index (χ3v) is 2.37. The molecule has 0 aliphatic carbocycles. The van der Waals surface area contributed by atoms with Gasteiger partial charge < -0.3 is 0 Å². The molecule has 1 aromatic rings. The molecule has 0 unspecified atom stereocenters. The molecule has 0 saturated carbocycles. The Morgan fingerprint density at radius 1 is 1.00 bits per heavy atom. The summed E-state index contributed by atoms with van der Waals surface area (Å²) in [5.74, 6) is 0. The van der Waals surface area contributed by atoms with Crippen molar-refractivity contribution in [3.63, 3.8) is 0 Å². The molecule has 0 atom stereocenters. The largest absolute Gasteiger partial charge is 0.0914 e. The Labute approximate surface area is 105 Å². The lowest BCUT2D eigenvalue weighted by Gasteiger charge is -2.00. The van der Waals surface area contributed by atoms with Crippen LogP contribution in [0.1, 0.15) is 25.8 Å². The van der Waals surface area contributed by atoms with Gasteiger partial charge in [-0.3, -0.25) is 0 Å². The second kappa shape index (κ2) is 8.35. The van der Waals surface area contributed by atoms with E-state index in [1.165, 1.54) is 11.1 Å². The van der Waals surface area contributed by atoms with Gasteiger partial charge in [0, 0.05) is 0 Å². The van der Waals surface area contributed by atoms with Crippen molar-refractivity contribution in [3.05, 3.63) is 78.4 Å². The third kappa shape index (κ3) is 5.17. The van der Waals surface area contributed by atoms with E-state index in [4.69, 9.17) is 0 Å². The van der Waals surface area contributed by atoms with Gasteiger partial charge in [0.05, 0.1) is 0 Å². The van der Waals surface area contributed by atoms with Gasteiger partial charge in [-0.05, 0) is 31.4 Å². The average molecular weight is 224 g/mol. The molecule has 0 heteroatoms. The maximum atomic E-state index is 2.16. The highest BCUT2D eigenvalue weighted by Crippen LogP contribution is 2.15. The minimum atomic E-state index is 0.991. The molecule has 1 aromatic carbocycles. The monoisotopic (exact) mass is 224 g/mol. The smallest absolute Gasteiger partial charge is 0.0166 e. The molecule has 0 saturated heterocycles. The lowest BCUT2D eigenvalue weighted by molar-refractivity contribution is 1.38. The highest BCUT2D eigenvalue weighted by Gasteiger charge is 1.93. The van der Waals surface area contributed by atoms with Gasteiger partial charge >= 0.3 is 0 Å². The van der Waals surface area contributed by atoms with Crippen LogP contribution in [0.2, 0.25) is 0 Å². The first-order valence-electron chi connectivity index (χ1n) is 6.04. The molecule has 0 spiro atoms. The summed E-state index contributed by atoms with van der Waals surface area (Å²) in [5, 5.41) is 0. The number of allylic oxidation sites excluding steroid dienone is 8. The molecule has 0 N–H and O–H groups in total. The van der Waals surface area contributed by atoms with Crippen LogP contribution in [0.3, 0.4) is 0 Å². The number of benzene rings is 1. The molecular weight excluding hydrogens is 204 g/mol. The molecule has 0 amide bonds. The second-order valence-corrected chi connectivity index (χ2v) is 3.72. The maximum Gasteiger partial charge on any atom is -0.0166 e. The van der Waals surface area contributed by atoms with Crippen LogP contribution in [-0.2, 0) is 0 Å². The van der Waals surface area contributed by atoms with Crippen LogP contribution in [-0.4, -0.2) is 0 Å². The molecule has 17 heavy (non-hydrogen) atoms. The van der Waals surface area contributed by atoms with Gasteiger partial charge in [-0.2, -0.15) is 0 Å². The molecular formula is C17H20. The second-order valence-electron chi connectivity index (χ2n) is 3.72. The number of hydrogen-bond acceptors (Lipinski definition) is 0. The van der Waals surface area contributed by atoms with Gasteiger partial charge in [0.25, 0.3) is 0 Å². The summed E-state index contributed by atoms with van der Waals surface area (Å²) in [6.07, 6.45) is 15.8. The minimum Gasteiger partial charge on any atom is -0.0914 e. The molecule has 0 nitrogen and oxygen atoms in total. The first kappa shape index (κ1) is 13.2. The van der Waals surface area contributed by atoms with Gasteiger partial charge in [0.2, 0.25) is 0 Å². The van der Waals surface area contributed by atoms with Crippen molar-refractivity contribution in [1.29, 1.82) is 0 Å². The third-order valence-electron chi connectivity index (χ3n) is 2.37. The average Bonchev–Trinajstić information content (AvgIpc) is 2.38. The summed E-state index contributed by atoms with van der Waals surface area (Å²) in [6.45, 7) is 4.08. The van der Waals surface area contributed by atoms with Crippen LogP contribution < -0.4 is 0 Å². The van der Waals surface area contributed by atoms with Crippen LogP contribution in [0, 0.1) is 0 Å². The van der Waals surface area contributed by atoms with Gasteiger partial charge in [-0.25, -0.2) is 0 Å². The van der Waals surface area contributed by atoms with Crippen molar-refractivity contribution < 1.29 is 0 Å². The Balaban J connectivity index is 2.79. The van der Waals surface area contributed by atoms with Crippen molar-refractivity contribution in [2.24, 2.45) is 0 Å². The van der Waals surface area contributed by atoms with Crippen LogP contribution in [0.5, 0.6) is 0 Å². The maximum absolute atomic E-state index is 2.16. The molecule has 0 aromatic heterocycles. The Morgan fingerprint density at radius 2 is 1.76 bits per heavy atom. The first-order chi connectivity index (χ1) is 8.38. The van der Waals surface area contributed by atoms with Crippen molar-refractivity contribution in [1.82, 2.24) is 0 Å². The van der Waals surface area contributed by atoms with Gasteiger partial charge in [0.1, 0.15) is 0 Å². The van der Waals surface area contributed by atoms with E-state index >= 15 is 0 Å². The van der Waals surface area contributed by atoms with E-state index in [0.29, 0.717) is 0 Å². The lowest BCUT2D eigenvalue weighted by atomic mass is 10.1. The Kier molecular flexibility index (Phi) is 6.50. The molecule has 88 valence electrons. The van der Waals surface area contributed by atoms with Crippen LogP contribution in [0.25, 0.3) is 5.57 Å². The summed E-state index contributed by atoms with van der Waals surface area (Å²) < 4.78 is 0. The molecule has 1 rings (SSSR count). The molecule has 0 heterocycles. The molecule has 0 aliphatic rings. The SMILES string of the molecule is C/C=C\C/C=C/C=C(\C=C/C)c1ccccc1. The highest BCUT2D eigenvalue weighted by molar-refractivity contribution is 5.74. The van der Waals surface area contributed by atoms with Crippen LogP contribution in [0.15, 0.2) is 72.9 Å². The van der Waals surface area contributed by atoms with Gasteiger partial charge in [0.15, 0.2) is 0 Å². The van der Waals surface area contributed by atoms with E-state index in [1.807, 2.05) is 19.9 Å². The van der Waals surface area contributed by atoms with Crippen molar-refractivity contribution >= 4 is 5.57 Å². The highest BCUT2D eigenvalue weighted by atomic mass is 14.0. The molecule has 0 aliphatic heterocycles. The summed E-state index contributed by atoms with van der Waals surface area (Å²) in [7, 11) is 0. The van der Waals surface area contributed by atoms with Crippen molar-refractivity contribution in [2.75, 3.05) is 0 Å². The fraction of sp³-hybridized carbons (Fsp3) is 0.176. The zero-order valence-corrected chi connectivity index (χ0v) is 10.6. The van der Waals surface area contributed by atoms with Crippen molar-refractivity contribution in [2.45, 2.75) is 20.3 Å². The predicted molar refractivity (Wildman–Crippen MR) is 77.8 cm³/mol. The normalized spacial score (nSPS) is 13.2. The first-order valence-corrected chi connectivity index (χ1v) is 6.04. The lowest BCUT2D eigenvalue weighted by Crippen LogP contribution is -1.78. The summed E-state index contributed by atoms with van der Waals surface area (Å²) >= 11 is 0. The van der Waals surface area contributed by atoms with E-state index in [-0.39, 0.29) is 0 Å². The van der Waals surface area contributed by atoms with E-state index in [1.54, 1.807) is 0 Å². The summed E-state index contributed by atoms with van der Waals surface area (Å²) in [4.78, 5) is 0. The fourth-order valence-corrected chi connectivity index (χ4v) is 1.52.